The van der Waals surface area contributed by atoms with Crippen LogP contribution in [0, 0.1) is 0 Å². The van der Waals surface area contributed by atoms with Gasteiger partial charge in [0, 0.05) is 20.1 Å². The molecule has 0 spiro atoms. The third kappa shape index (κ3) is 8.31. The summed E-state index contributed by atoms with van der Waals surface area (Å²) in [6.07, 6.45) is 2.46. The number of amides is 2. The van der Waals surface area contributed by atoms with E-state index in [0.717, 1.165) is 24.8 Å². The number of rotatable bonds is 7. The molecule has 1 unspecified atom stereocenters. The summed E-state index contributed by atoms with van der Waals surface area (Å²) >= 11 is 0. The highest BCUT2D eigenvalue weighted by atomic mass is 16.6. The van der Waals surface area contributed by atoms with Crippen molar-refractivity contribution in [2.75, 3.05) is 26.7 Å². The summed E-state index contributed by atoms with van der Waals surface area (Å²) in [5, 5.41) is 0. The quantitative estimate of drug-likeness (QED) is 0.628. The maximum absolute atomic E-state index is 12.5. The molecule has 1 fully saturated rings. The predicted octanol–water partition coefficient (Wildman–Crippen LogP) is 4.41. The van der Waals surface area contributed by atoms with Gasteiger partial charge in [0.05, 0.1) is 6.61 Å². The molecule has 1 aliphatic heterocycles. The lowest BCUT2D eigenvalue weighted by Gasteiger charge is -2.34. The van der Waals surface area contributed by atoms with Crippen LogP contribution in [0.15, 0.2) is 30.3 Å². The molecule has 1 saturated heterocycles. The van der Waals surface area contributed by atoms with Gasteiger partial charge in [-0.1, -0.05) is 30.3 Å². The Morgan fingerprint density at radius 2 is 1.90 bits per heavy atom. The van der Waals surface area contributed by atoms with Crippen molar-refractivity contribution in [3.8, 4) is 0 Å². The van der Waals surface area contributed by atoms with Crippen LogP contribution in [0.25, 0.3) is 0 Å². The molecule has 0 saturated carbocycles. The molecule has 0 bridgehead atoms. The second-order valence-corrected chi connectivity index (χ2v) is 8.31. The molecule has 1 atom stereocenters. The zero-order valence-electron chi connectivity index (χ0n) is 18.1. The zero-order chi connectivity index (χ0) is 21.3. The van der Waals surface area contributed by atoms with E-state index in [9.17, 15) is 9.59 Å². The summed E-state index contributed by atoms with van der Waals surface area (Å²) in [5.41, 5.74) is 0.449. The van der Waals surface area contributed by atoms with E-state index in [1.165, 1.54) is 0 Å². The van der Waals surface area contributed by atoms with E-state index < -0.39 is 5.60 Å². The Balaban J connectivity index is 1.73. The molecular formula is C22H34N2O5. The Morgan fingerprint density at radius 1 is 1.17 bits per heavy atom. The normalized spacial score (nSPS) is 17.0. The molecule has 2 amide bonds. The fourth-order valence-electron chi connectivity index (χ4n) is 3.04. The van der Waals surface area contributed by atoms with Gasteiger partial charge in [-0.2, -0.15) is 0 Å². The maximum Gasteiger partial charge on any atom is 0.412 e. The fraction of sp³-hybridized carbons (Fsp3) is 0.636. The molecule has 0 N–H and O–H groups in total. The number of carbonyl (C=O) groups excluding carboxylic acids is 2. The van der Waals surface area contributed by atoms with Gasteiger partial charge in [0.15, 0.2) is 0 Å². The Hall–Kier alpha value is -2.28. The first kappa shape index (κ1) is 23.0. The second kappa shape index (κ2) is 11.0. The monoisotopic (exact) mass is 406 g/mol. The van der Waals surface area contributed by atoms with Gasteiger partial charge in [-0.25, -0.2) is 9.59 Å². The Bertz CT molecular complexity index is 644. The molecule has 7 nitrogen and oxygen atoms in total. The van der Waals surface area contributed by atoms with E-state index in [0.29, 0.717) is 26.1 Å². The minimum absolute atomic E-state index is 0.254. The molecule has 0 aliphatic carbocycles. The van der Waals surface area contributed by atoms with Gasteiger partial charge in [0.2, 0.25) is 0 Å². The van der Waals surface area contributed by atoms with E-state index in [4.69, 9.17) is 14.2 Å². The van der Waals surface area contributed by atoms with E-state index >= 15 is 0 Å². The van der Waals surface area contributed by atoms with Crippen molar-refractivity contribution in [2.45, 2.75) is 64.9 Å². The third-order valence-corrected chi connectivity index (χ3v) is 4.54. The van der Waals surface area contributed by atoms with Crippen LogP contribution < -0.4 is 0 Å². The zero-order valence-corrected chi connectivity index (χ0v) is 18.1. The van der Waals surface area contributed by atoms with Crippen LogP contribution in [0.3, 0.4) is 0 Å². The van der Waals surface area contributed by atoms with Crippen molar-refractivity contribution in [3.63, 3.8) is 0 Å². The summed E-state index contributed by atoms with van der Waals surface area (Å²) in [5.74, 6) is 0. The van der Waals surface area contributed by atoms with E-state index in [1.54, 1.807) is 16.8 Å². The summed E-state index contributed by atoms with van der Waals surface area (Å²) in [4.78, 5) is 27.7. The van der Waals surface area contributed by atoms with E-state index in [2.05, 4.69) is 0 Å². The Kier molecular flexibility index (Phi) is 8.76. The standard InChI is InChI=1S/C22H34N2O5/c1-22(2,3)29-20(25)23(4)14-10-16-27-19-13-8-9-15-24(19)21(26)28-17-18-11-6-5-7-12-18/h5-7,11-12,19H,8-10,13-17H2,1-4H3. The molecule has 29 heavy (non-hydrogen) atoms. The Morgan fingerprint density at radius 3 is 2.59 bits per heavy atom. The highest BCUT2D eigenvalue weighted by Crippen LogP contribution is 2.20. The molecular weight excluding hydrogens is 372 g/mol. The van der Waals surface area contributed by atoms with Gasteiger partial charge in [-0.15, -0.1) is 0 Å². The van der Waals surface area contributed by atoms with Crippen LogP contribution in [-0.2, 0) is 20.8 Å². The minimum atomic E-state index is -0.509. The first-order chi connectivity index (χ1) is 13.8. The van der Waals surface area contributed by atoms with Crippen molar-refractivity contribution in [1.82, 2.24) is 9.80 Å². The average molecular weight is 407 g/mol. The number of hydrogen-bond acceptors (Lipinski definition) is 5. The highest BCUT2D eigenvalue weighted by molar-refractivity contribution is 5.68. The molecule has 0 aromatic heterocycles. The topological polar surface area (TPSA) is 68.3 Å². The average Bonchev–Trinajstić information content (AvgIpc) is 2.69. The summed E-state index contributed by atoms with van der Waals surface area (Å²) in [7, 11) is 1.71. The largest absolute Gasteiger partial charge is 0.444 e. The molecule has 1 aliphatic rings. The van der Waals surface area contributed by atoms with Crippen LogP contribution in [0.5, 0.6) is 0 Å². The molecule has 2 rings (SSSR count). The Labute approximate surface area is 173 Å². The highest BCUT2D eigenvalue weighted by Gasteiger charge is 2.28. The first-order valence-corrected chi connectivity index (χ1v) is 10.3. The second-order valence-electron chi connectivity index (χ2n) is 8.31. The van der Waals surface area contributed by atoms with Crippen LogP contribution in [-0.4, -0.2) is 60.6 Å². The van der Waals surface area contributed by atoms with Gasteiger partial charge in [0.25, 0.3) is 0 Å². The van der Waals surface area contributed by atoms with Crippen LogP contribution in [0.2, 0.25) is 0 Å². The number of piperidine rings is 1. The number of ether oxygens (including phenoxy) is 3. The molecule has 1 aromatic carbocycles. The fourth-order valence-corrected chi connectivity index (χ4v) is 3.04. The van der Waals surface area contributed by atoms with Gasteiger partial charge >= 0.3 is 12.2 Å². The SMILES string of the molecule is CN(CCCOC1CCCCN1C(=O)OCc1ccccc1)C(=O)OC(C)(C)C. The van der Waals surface area contributed by atoms with Gasteiger partial charge in [0.1, 0.15) is 18.4 Å². The lowest BCUT2D eigenvalue weighted by Crippen LogP contribution is -2.45. The predicted molar refractivity (Wildman–Crippen MR) is 110 cm³/mol. The molecule has 7 heteroatoms. The lowest BCUT2D eigenvalue weighted by atomic mass is 10.1. The maximum atomic E-state index is 12.5. The van der Waals surface area contributed by atoms with Crippen molar-refractivity contribution in [2.24, 2.45) is 0 Å². The van der Waals surface area contributed by atoms with Gasteiger partial charge in [-0.05, 0) is 52.0 Å². The van der Waals surface area contributed by atoms with Crippen LogP contribution in [0.1, 0.15) is 52.0 Å². The van der Waals surface area contributed by atoms with Crippen molar-refractivity contribution < 1.29 is 23.8 Å². The van der Waals surface area contributed by atoms with Crippen molar-refractivity contribution in [3.05, 3.63) is 35.9 Å². The number of hydrogen-bond donors (Lipinski definition) is 0. The van der Waals surface area contributed by atoms with Crippen molar-refractivity contribution >= 4 is 12.2 Å². The molecule has 1 heterocycles. The van der Waals surface area contributed by atoms with Crippen LogP contribution >= 0.6 is 0 Å². The number of carbonyl (C=O) groups is 2. The van der Waals surface area contributed by atoms with Gasteiger partial charge < -0.3 is 19.1 Å². The number of nitrogens with zero attached hydrogens (tertiary/aromatic N) is 2. The van der Waals surface area contributed by atoms with E-state index in [1.807, 2.05) is 51.1 Å². The summed E-state index contributed by atoms with van der Waals surface area (Å²) < 4.78 is 16.7. The lowest BCUT2D eigenvalue weighted by molar-refractivity contribution is -0.0739. The number of likely N-dealkylation sites (tertiary alicyclic amines) is 1. The molecule has 0 radical (unpaired) electrons. The summed E-state index contributed by atoms with van der Waals surface area (Å²) in [6, 6.07) is 9.63. The van der Waals surface area contributed by atoms with Crippen molar-refractivity contribution in [1.29, 1.82) is 0 Å². The van der Waals surface area contributed by atoms with Gasteiger partial charge in [-0.3, -0.25) is 4.90 Å². The molecule has 162 valence electrons. The summed E-state index contributed by atoms with van der Waals surface area (Å²) in [6.45, 7) is 7.41. The smallest absolute Gasteiger partial charge is 0.412 e. The van der Waals surface area contributed by atoms with Crippen LogP contribution in [0.4, 0.5) is 9.59 Å². The number of benzene rings is 1. The first-order valence-electron chi connectivity index (χ1n) is 10.3. The minimum Gasteiger partial charge on any atom is -0.444 e. The van der Waals surface area contributed by atoms with E-state index in [-0.39, 0.29) is 25.0 Å². The third-order valence-electron chi connectivity index (χ3n) is 4.54. The molecule has 1 aromatic rings.